The summed E-state index contributed by atoms with van der Waals surface area (Å²) in [7, 11) is 1.38. The Kier molecular flexibility index (Phi) is 5.12. The molecular formula is C23H25F2N5O3. The third-order valence-corrected chi connectivity index (χ3v) is 6.76. The predicted molar refractivity (Wildman–Crippen MR) is 120 cm³/mol. The first-order valence-electron chi connectivity index (χ1n) is 10.9. The molecule has 1 saturated carbocycles. The summed E-state index contributed by atoms with van der Waals surface area (Å²) in [5, 5.41) is 0. The number of methoxy groups -OCH3 is 1. The van der Waals surface area contributed by atoms with E-state index in [9.17, 15) is 14.0 Å². The maximum absolute atomic E-state index is 15.4. The fourth-order valence-corrected chi connectivity index (χ4v) is 4.92. The Balaban J connectivity index is 1.61. The first-order chi connectivity index (χ1) is 15.8. The van der Waals surface area contributed by atoms with Gasteiger partial charge >= 0.3 is 5.69 Å². The molecule has 0 amide bonds. The van der Waals surface area contributed by atoms with Gasteiger partial charge < -0.3 is 21.2 Å². The van der Waals surface area contributed by atoms with E-state index in [-0.39, 0.29) is 34.6 Å². The smallest absolute Gasteiger partial charge is 0.354 e. The average molecular weight is 457 g/mol. The zero-order valence-electron chi connectivity index (χ0n) is 18.1. The van der Waals surface area contributed by atoms with Crippen LogP contribution in [-0.4, -0.2) is 29.3 Å². The maximum atomic E-state index is 15.4. The van der Waals surface area contributed by atoms with Crippen molar-refractivity contribution < 1.29 is 13.5 Å². The molecule has 33 heavy (non-hydrogen) atoms. The first kappa shape index (κ1) is 21.4. The van der Waals surface area contributed by atoms with Gasteiger partial charge in [-0.3, -0.25) is 9.20 Å². The summed E-state index contributed by atoms with van der Waals surface area (Å²) >= 11 is 0. The highest BCUT2D eigenvalue weighted by Crippen LogP contribution is 2.45. The molecule has 8 nitrogen and oxygen atoms in total. The Bertz CT molecular complexity index is 1360. The number of nitrogens with zero attached hydrogens (tertiary/aromatic N) is 3. The van der Waals surface area contributed by atoms with Crippen molar-refractivity contribution in [2.45, 2.75) is 31.2 Å². The van der Waals surface area contributed by atoms with Crippen LogP contribution in [0.25, 0.3) is 5.52 Å². The summed E-state index contributed by atoms with van der Waals surface area (Å²) in [4.78, 5) is 27.2. The molecule has 1 aliphatic carbocycles. The van der Waals surface area contributed by atoms with Crippen molar-refractivity contribution in [1.29, 1.82) is 0 Å². The second kappa shape index (κ2) is 7.87. The van der Waals surface area contributed by atoms with Gasteiger partial charge in [0.15, 0.2) is 11.6 Å². The standard InChI is InChI=1S/C23H25F2N5O3/c1-33-21-19(28-9-8-13(10-28)18(26)14-4-2-3-5-15(14)24)16(25)11-29-20(21)17(12-6-7-12)22(31)30(27)23(29)32/h2-5,11-13,18H,6-10,26-27H2,1H3. The van der Waals surface area contributed by atoms with Crippen LogP contribution in [-0.2, 0) is 0 Å². The van der Waals surface area contributed by atoms with Gasteiger partial charge in [0.2, 0.25) is 0 Å². The van der Waals surface area contributed by atoms with Crippen molar-refractivity contribution in [1.82, 2.24) is 9.08 Å². The Labute approximate surface area is 187 Å². The third-order valence-electron chi connectivity index (χ3n) is 6.76. The number of hydrogen-bond donors (Lipinski definition) is 2. The normalized spacial score (nSPS) is 19.3. The number of fused-ring (bicyclic) bond motifs is 1. The molecule has 174 valence electrons. The van der Waals surface area contributed by atoms with Crippen LogP contribution < -0.4 is 32.5 Å². The van der Waals surface area contributed by atoms with E-state index in [1.807, 2.05) is 0 Å². The van der Waals surface area contributed by atoms with Gasteiger partial charge in [0, 0.05) is 24.7 Å². The van der Waals surface area contributed by atoms with Crippen LogP contribution >= 0.6 is 0 Å². The monoisotopic (exact) mass is 457 g/mol. The lowest BCUT2D eigenvalue weighted by molar-refractivity contribution is 0.411. The molecule has 1 aliphatic heterocycles. The van der Waals surface area contributed by atoms with E-state index in [2.05, 4.69) is 0 Å². The first-order valence-corrected chi connectivity index (χ1v) is 10.9. The summed E-state index contributed by atoms with van der Waals surface area (Å²) in [5.41, 5.74) is 6.11. The summed E-state index contributed by atoms with van der Waals surface area (Å²) < 4.78 is 36.8. The van der Waals surface area contributed by atoms with E-state index in [1.54, 1.807) is 23.1 Å². The fraction of sp³-hybridized carbons (Fsp3) is 0.391. The fourth-order valence-electron chi connectivity index (χ4n) is 4.92. The molecule has 3 aromatic rings. The minimum absolute atomic E-state index is 0.0593. The van der Waals surface area contributed by atoms with Crippen LogP contribution in [0.15, 0.2) is 40.1 Å². The second-order valence-electron chi connectivity index (χ2n) is 8.77. The molecule has 5 rings (SSSR count). The van der Waals surface area contributed by atoms with E-state index in [0.29, 0.717) is 35.3 Å². The molecule has 0 bridgehead atoms. The number of aromatic nitrogens is 2. The van der Waals surface area contributed by atoms with Crippen LogP contribution in [0.5, 0.6) is 5.75 Å². The summed E-state index contributed by atoms with van der Waals surface area (Å²) in [6, 6.07) is 5.82. The summed E-state index contributed by atoms with van der Waals surface area (Å²) in [6.07, 6.45) is 3.23. The molecule has 0 radical (unpaired) electrons. The van der Waals surface area contributed by atoms with Crippen LogP contribution in [0.2, 0.25) is 0 Å². The number of rotatable bonds is 5. The molecule has 1 aromatic carbocycles. The number of benzene rings is 1. The highest BCUT2D eigenvalue weighted by Gasteiger charge is 2.36. The minimum atomic E-state index is -0.843. The molecule has 2 fully saturated rings. The lowest BCUT2D eigenvalue weighted by Crippen LogP contribution is -2.44. The number of halogens is 2. The Morgan fingerprint density at radius 2 is 1.85 bits per heavy atom. The zero-order chi connectivity index (χ0) is 23.4. The molecule has 2 unspecified atom stereocenters. The van der Waals surface area contributed by atoms with E-state index in [0.717, 1.165) is 23.4 Å². The quantitative estimate of drug-likeness (QED) is 0.567. The van der Waals surface area contributed by atoms with Gasteiger partial charge in [-0.1, -0.05) is 18.2 Å². The molecule has 3 heterocycles. The van der Waals surface area contributed by atoms with E-state index < -0.39 is 23.1 Å². The lowest BCUT2D eigenvalue weighted by Gasteiger charge is -2.25. The number of hydrogen-bond acceptors (Lipinski definition) is 6. The van der Waals surface area contributed by atoms with E-state index in [4.69, 9.17) is 16.3 Å². The van der Waals surface area contributed by atoms with Crippen LogP contribution in [0.3, 0.4) is 0 Å². The van der Waals surface area contributed by atoms with Crippen molar-refractivity contribution in [2.75, 3.05) is 30.9 Å². The summed E-state index contributed by atoms with van der Waals surface area (Å²) in [5.74, 6) is 4.58. The minimum Gasteiger partial charge on any atom is -0.492 e. The maximum Gasteiger partial charge on any atom is 0.354 e. The summed E-state index contributed by atoms with van der Waals surface area (Å²) in [6.45, 7) is 0.836. The largest absolute Gasteiger partial charge is 0.492 e. The van der Waals surface area contributed by atoms with Gasteiger partial charge in [0.05, 0.1) is 18.9 Å². The highest BCUT2D eigenvalue weighted by molar-refractivity contribution is 5.78. The van der Waals surface area contributed by atoms with Crippen LogP contribution in [0.4, 0.5) is 14.5 Å². The Morgan fingerprint density at radius 3 is 2.52 bits per heavy atom. The molecule has 1 saturated heterocycles. The molecular weight excluding hydrogens is 432 g/mol. The third kappa shape index (κ3) is 3.36. The van der Waals surface area contributed by atoms with Crippen molar-refractivity contribution in [3.8, 4) is 5.75 Å². The molecule has 2 aromatic heterocycles. The zero-order valence-corrected chi connectivity index (χ0v) is 18.1. The number of nitrogen functional groups attached to an aromatic ring is 1. The molecule has 10 heteroatoms. The highest BCUT2D eigenvalue weighted by atomic mass is 19.1. The molecule has 4 N–H and O–H groups in total. The second-order valence-corrected chi connectivity index (χ2v) is 8.77. The number of pyridine rings is 1. The van der Waals surface area contributed by atoms with Gasteiger partial charge in [0.25, 0.3) is 5.56 Å². The van der Waals surface area contributed by atoms with E-state index >= 15 is 4.39 Å². The topological polar surface area (TPSA) is 108 Å². The van der Waals surface area contributed by atoms with Gasteiger partial charge in [-0.2, -0.15) is 4.68 Å². The number of ether oxygens (including phenoxy) is 1. The van der Waals surface area contributed by atoms with Gasteiger partial charge in [0.1, 0.15) is 17.0 Å². The van der Waals surface area contributed by atoms with E-state index in [1.165, 1.54) is 13.2 Å². The number of nitrogens with two attached hydrogens (primary N) is 2. The molecule has 2 aliphatic rings. The van der Waals surface area contributed by atoms with Crippen LogP contribution in [0, 0.1) is 17.6 Å². The van der Waals surface area contributed by atoms with Crippen molar-refractivity contribution in [2.24, 2.45) is 11.7 Å². The van der Waals surface area contributed by atoms with Crippen molar-refractivity contribution in [3.63, 3.8) is 0 Å². The van der Waals surface area contributed by atoms with Crippen molar-refractivity contribution in [3.05, 3.63) is 74.1 Å². The molecule has 0 spiro atoms. The Morgan fingerprint density at radius 1 is 1.12 bits per heavy atom. The van der Waals surface area contributed by atoms with Crippen molar-refractivity contribution >= 4 is 11.2 Å². The molecule has 2 atom stereocenters. The SMILES string of the molecule is COc1c(N2CCC(C(N)c3ccccc3F)C2)c(F)cn2c(=O)n(N)c(=O)c(C3CC3)c12. The Hall–Kier alpha value is -3.40. The van der Waals surface area contributed by atoms with Crippen LogP contribution in [0.1, 0.15) is 42.3 Å². The lowest BCUT2D eigenvalue weighted by atomic mass is 9.93. The van der Waals surface area contributed by atoms with Gasteiger partial charge in [-0.25, -0.2) is 13.6 Å². The average Bonchev–Trinajstić information content (AvgIpc) is 3.53. The predicted octanol–water partition coefficient (Wildman–Crippen LogP) is 1.87. The number of anilines is 1. The van der Waals surface area contributed by atoms with Gasteiger partial charge in [-0.05, 0) is 37.2 Å². The van der Waals surface area contributed by atoms with Gasteiger partial charge in [-0.15, -0.1) is 0 Å².